The number of allylic oxidation sites excluding steroid dienone is 2. The number of hydrogen-bond acceptors (Lipinski definition) is 0. The van der Waals surface area contributed by atoms with Crippen molar-refractivity contribution in [1.29, 1.82) is 0 Å². The summed E-state index contributed by atoms with van der Waals surface area (Å²) in [6.45, 7) is 9.73. The third kappa shape index (κ3) is 6.10. The quantitative estimate of drug-likeness (QED) is 0.135. The van der Waals surface area contributed by atoms with Gasteiger partial charge in [0, 0.05) is 0 Å². The first kappa shape index (κ1) is 37.1. The Hall–Kier alpha value is -3.23. The molecule has 0 spiro atoms. The molecule has 1 fully saturated rings. The zero-order valence-electron chi connectivity index (χ0n) is 30.8. The van der Waals surface area contributed by atoms with Gasteiger partial charge in [0.25, 0.3) is 0 Å². The van der Waals surface area contributed by atoms with Crippen LogP contribution < -0.4 is 24.8 Å². The van der Waals surface area contributed by atoms with E-state index in [4.69, 9.17) is 0 Å². The van der Waals surface area contributed by atoms with Gasteiger partial charge < -0.3 is 24.8 Å². The van der Waals surface area contributed by atoms with E-state index >= 15 is 0 Å². The average Bonchev–Trinajstić information content (AvgIpc) is 3.65. The Morgan fingerprint density at radius 2 is 0.865 bits per heavy atom. The maximum absolute atomic E-state index is 3.19. The zero-order chi connectivity index (χ0) is 34.0. The van der Waals surface area contributed by atoms with Crippen molar-refractivity contribution < 1.29 is 44.8 Å². The summed E-state index contributed by atoms with van der Waals surface area (Å²) in [6.07, 6.45) is 9.22. The monoisotopic (exact) mass is 886 g/mol. The summed E-state index contributed by atoms with van der Waals surface area (Å²) < 4.78 is 4.30. The largest absolute Gasteiger partial charge is 1.00 e. The number of fused-ring (bicyclic) bond motifs is 4. The Kier molecular flexibility index (Phi) is 10.6. The van der Waals surface area contributed by atoms with Gasteiger partial charge in [0.05, 0.1) is 0 Å². The molecular formula is C49H48Cl2Hf. The molecule has 0 N–H and O–H groups in total. The predicted molar refractivity (Wildman–Crippen MR) is 213 cm³/mol. The molecule has 0 nitrogen and oxygen atoms in total. The minimum absolute atomic E-state index is 0. The van der Waals surface area contributed by atoms with Gasteiger partial charge in [0.15, 0.2) is 0 Å². The summed E-state index contributed by atoms with van der Waals surface area (Å²) in [5.41, 5.74) is 15.5. The van der Waals surface area contributed by atoms with Gasteiger partial charge in [-0.3, -0.25) is 0 Å². The molecule has 0 radical (unpaired) electrons. The standard InChI is InChI=1S/2C23H21.C3H6.2ClH.Hf/c2*1-16(2)13-17-14-19-9-6-12-22(23(19)15-17)21-11-5-8-18-7-3-4-10-20(18)21;1-3-2;;;/h2*3-12,14-16H,13H2,1-2H3;1-3H2;2*1H;/q;;;;;+2/p-2. The smallest absolute Gasteiger partial charge is 1.00 e. The van der Waals surface area contributed by atoms with Crippen molar-refractivity contribution in [2.24, 2.45) is 11.8 Å². The fraction of sp³-hybridized carbons (Fsp3) is 0.265. The molecule has 1 saturated heterocycles. The van der Waals surface area contributed by atoms with E-state index in [-0.39, 0.29) is 24.8 Å². The van der Waals surface area contributed by atoms with Crippen molar-refractivity contribution in [2.75, 3.05) is 0 Å². The maximum atomic E-state index is 2.70. The van der Waals surface area contributed by atoms with E-state index in [0.29, 0.717) is 19.2 Å². The van der Waals surface area contributed by atoms with Crippen molar-refractivity contribution in [2.45, 2.75) is 62.7 Å². The van der Waals surface area contributed by atoms with Crippen LogP contribution in [0.15, 0.2) is 132 Å². The van der Waals surface area contributed by atoms with Crippen molar-refractivity contribution >= 4 is 33.7 Å². The summed E-state index contributed by atoms with van der Waals surface area (Å²) in [6, 6.07) is 46.3. The van der Waals surface area contributed by atoms with E-state index in [0.717, 1.165) is 0 Å². The Morgan fingerprint density at radius 3 is 1.27 bits per heavy atom. The predicted octanol–water partition coefficient (Wildman–Crippen LogP) is 8.40. The van der Waals surface area contributed by atoms with Gasteiger partial charge in [-0.2, -0.15) is 0 Å². The molecule has 0 bridgehead atoms. The molecular weight excluding hydrogens is 838 g/mol. The van der Waals surface area contributed by atoms with Crippen LogP contribution in [0.4, 0.5) is 0 Å². The van der Waals surface area contributed by atoms with Gasteiger partial charge in [0.1, 0.15) is 0 Å². The molecule has 9 rings (SSSR count). The summed E-state index contributed by atoms with van der Waals surface area (Å²) in [7, 11) is 0. The van der Waals surface area contributed by atoms with Gasteiger partial charge in [-0.25, -0.2) is 0 Å². The van der Waals surface area contributed by atoms with Gasteiger partial charge in [0.2, 0.25) is 0 Å². The minimum atomic E-state index is -3.19. The van der Waals surface area contributed by atoms with E-state index in [1.54, 1.807) is 22.3 Å². The molecule has 3 heteroatoms. The van der Waals surface area contributed by atoms with Crippen LogP contribution in [-0.4, -0.2) is 0 Å². The molecule has 1 aliphatic heterocycles. The van der Waals surface area contributed by atoms with Crippen LogP contribution in [0.3, 0.4) is 0 Å². The number of benzene rings is 6. The second kappa shape index (κ2) is 14.9. The Balaban J connectivity index is 0.00000210. The van der Waals surface area contributed by atoms with Crippen LogP contribution in [0.5, 0.6) is 0 Å². The molecule has 2 aliphatic carbocycles. The molecule has 0 saturated carbocycles. The zero-order valence-corrected chi connectivity index (χ0v) is 35.9. The van der Waals surface area contributed by atoms with E-state index in [1.807, 2.05) is 0 Å². The van der Waals surface area contributed by atoms with Crippen LogP contribution in [0.25, 0.3) is 56.0 Å². The molecule has 2 atom stereocenters. The third-order valence-corrected chi connectivity index (χ3v) is 34.6. The number of halogens is 2. The maximum Gasteiger partial charge on any atom is -1.00 e. The van der Waals surface area contributed by atoms with E-state index in [9.17, 15) is 0 Å². The molecule has 3 aliphatic rings. The molecule has 52 heavy (non-hydrogen) atoms. The third-order valence-electron chi connectivity index (χ3n) is 12.2. The fourth-order valence-corrected chi connectivity index (χ4v) is 32.9. The normalized spacial score (nSPS) is 17.7. The van der Waals surface area contributed by atoms with Gasteiger partial charge in [-0.05, 0) is 0 Å². The summed E-state index contributed by atoms with van der Waals surface area (Å²) in [5.74, 6) is 1.29. The summed E-state index contributed by atoms with van der Waals surface area (Å²) >= 11 is -3.19. The Labute approximate surface area is 327 Å². The van der Waals surface area contributed by atoms with Crippen LogP contribution >= 0.6 is 0 Å². The average molecular weight is 886 g/mol. The molecule has 6 aromatic rings. The SMILES string of the molecule is CC(C)CC1=Cc2c(-c3cccc4ccccc34)cccc2[CH]1[Hf+2]1([CH]2C(CC(C)C)=Cc3c(-c4cccc5ccccc45)cccc32)[CH2]C[CH2]1.[Cl-].[Cl-]. The Bertz CT molecular complexity index is 2170. The first-order valence-electron chi connectivity index (χ1n) is 19.1. The fourth-order valence-electron chi connectivity index (χ4n) is 10.3. The second-order valence-electron chi connectivity index (χ2n) is 16.3. The first-order chi connectivity index (χ1) is 24.4. The minimum Gasteiger partial charge on any atom is -1.00 e. The van der Waals surface area contributed by atoms with Gasteiger partial charge >= 0.3 is 305 Å². The van der Waals surface area contributed by atoms with Crippen molar-refractivity contribution in [3.63, 3.8) is 0 Å². The van der Waals surface area contributed by atoms with Crippen molar-refractivity contribution in [3.05, 3.63) is 155 Å². The molecule has 1 heterocycles. The van der Waals surface area contributed by atoms with Crippen molar-refractivity contribution in [1.82, 2.24) is 0 Å². The van der Waals surface area contributed by atoms with Gasteiger partial charge in [-0.1, -0.05) is 0 Å². The molecule has 0 aromatic heterocycles. The molecule has 2 unspecified atom stereocenters. The summed E-state index contributed by atoms with van der Waals surface area (Å²) in [4.78, 5) is 0. The molecule has 0 amide bonds. The van der Waals surface area contributed by atoms with E-state index in [1.165, 1.54) is 82.5 Å². The van der Waals surface area contributed by atoms with Crippen LogP contribution in [0, 0.1) is 11.8 Å². The number of hydrogen-bond donors (Lipinski definition) is 0. The van der Waals surface area contributed by atoms with E-state index < -0.39 is 20.0 Å². The Morgan fingerprint density at radius 1 is 0.481 bits per heavy atom. The van der Waals surface area contributed by atoms with Crippen LogP contribution in [0.1, 0.15) is 76.6 Å². The number of rotatable bonds is 8. The molecule has 6 aromatic carbocycles. The van der Waals surface area contributed by atoms with Crippen LogP contribution in [-0.2, 0) is 20.0 Å². The summed E-state index contributed by atoms with van der Waals surface area (Å²) in [5, 5.41) is 5.38. The van der Waals surface area contributed by atoms with E-state index in [2.05, 4.69) is 161 Å². The van der Waals surface area contributed by atoms with Crippen molar-refractivity contribution in [3.8, 4) is 22.3 Å². The van der Waals surface area contributed by atoms with Gasteiger partial charge in [-0.15, -0.1) is 0 Å². The molecule has 262 valence electrons. The topological polar surface area (TPSA) is 0 Å². The van der Waals surface area contributed by atoms with Crippen LogP contribution in [0.2, 0.25) is 8.35 Å². The first-order valence-corrected chi connectivity index (χ1v) is 28.3. The second-order valence-corrected chi connectivity index (χ2v) is 32.9.